The summed E-state index contributed by atoms with van der Waals surface area (Å²) in [7, 11) is 0. The van der Waals surface area contributed by atoms with Crippen LogP contribution in [0.25, 0.3) is 0 Å². The van der Waals surface area contributed by atoms with E-state index in [-0.39, 0.29) is 17.4 Å². The minimum Gasteiger partial charge on any atom is -0.464 e. The Labute approximate surface area is 93.6 Å². The molecule has 0 aromatic carbocycles. The molecule has 90 valence electrons. The van der Waals surface area contributed by atoms with Gasteiger partial charge >= 0.3 is 5.97 Å². The molecule has 0 bridgehead atoms. The summed E-state index contributed by atoms with van der Waals surface area (Å²) < 4.78 is 5.18. The van der Waals surface area contributed by atoms with Gasteiger partial charge in [-0.1, -0.05) is 13.8 Å². The molecule has 0 saturated heterocycles. The van der Waals surface area contributed by atoms with E-state index < -0.39 is 0 Å². The van der Waals surface area contributed by atoms with Gasteiger partial charge in [-0.15, -0.1) is 0 Å². The van der Waals surface area contributed by atoms with Crippen LogP contribution in [0.4, 0.5) is 0 Å². The number of nitrogens with one attached hydrogen (secondary N) is 1. The second-order valence-electron chi connectivity index (χ2n) is 4.86. The molecule has 0 aromatic rings. The molecule has 0 atom stereocenters. The first-order valence-corrected chi connectivity index (χ1v) is 5.82. The Morgan fingerprint density at radius 3 is 2.20 bits per heavy atom. The van der Waals surface area contributed by atoms with Crippen LogP contribution in [0.15, 0.2) is 0 Å². The molecule has 0 spiro atoms. The summed E-state index contributed by atoms with van der Waals surface area (Å²) in [6.45, 7) is 11.5. The van der Waals surface area contributed by atoms with Crippen molar-refractivity contribution in [3.8, 4) is 0 Å². The van der Waals surface area contributed by atoms with E-state index in [2.05, 4.69) is 26.1 Å². The SMILES string of the molecule is CCC(CC)C(=O)OCCNC(C)(C)C. The van der Waals surface area contributed by atoms with E-state index >= 15 is 0 Å². The summed E-state index contributed by atoms with van der Waals surface area (Å²) >= 11 is 0. The molecule has 3 heteroatoms. The molecule has 0 rings (SSSR count). The van der Waals surface area contributed by atoms with Gasteiger partial charge in [-0.05, 0) is 33.6 Å². The van der Waals surface area contributed by atoms with Gasteiger partial charge in [0.1, 0.15) is 6.61 Å². The van der Waals surface area contributed by atoms with Crippen molar-refractivity contribution in [2.45, 2.75) is 53.0 Å². The fraction of sp³-hybridized carbons (Fsp3) is 0.917. The van der Waals surface area contributed by atoms with Crippen molar-refractivity contribution in [1.82, 2.24) is 5.32 Å². The van der Waals surface area contributed by atoms with E-state index in [0.717, 1.165) is 19.4 Å². The number of hydrogen-bond donors (Lipinski definition) is 1. The van der Waals surface area contributed by atoms with E-state index in [9.17, 15) is 4.79 Å². The Morgan fingerprint density at radius 2 is 1.80 bits per heavy atom. The van der Waals surface area contributed by atoms with Crippen molar-refractivity contribution < 1.29 is 9.53 Å². The molecule has 3 nitrogen and oxygen atoms in total. The first-order chi connectivity index (χ1) is 6.90. The number of esters is 1. The second kappa shape index (κ2) is 6.83. The van der Waals surface area contributed by atoms with Crippen LogP contribution in [-0.2, 0) is 9.53 Å². The zero-order valence-corrected chi connectivity index (χ0v) is 10.7. The van der Waals surface area contributed by atoms with Crippen LogP contribution < -0.4 is 5.32 Å². The summed E-state index contributed by atoms with van der Waals surface area (Å²) in [5.41, 5.74) is 0.0846. The minimum atomic E-state index is -0.0595. The smallest absolute Gasteiger partial charge is 0.308 e. The maximum atomic E-state index is 11.5. The molecule has 0 aliphatic carbocycles. The zero-order chi connectivity index (χ0) is 11.9. The molecule has 0 aromatic heterocycles. The van der Waals surface area contributed by atoms with Crippen molar-refractivity contribution in [3.05, 3.63) is 0 Å². The van der Waals surface area contributed by atoms with Crippen LogP contribution >= 0.6 is 0 Å². The quantitative estimate of drug-likeness (QED) is 0.546. The Morgan fingerprint density at radius 1 is 1.27 bits per heavy atom. The Hall–Kier alpha value is -0.570. The third-order valence-electron chi connectivity index (χ3n) is 2.32. The van der Waals surface area contributed by atoms with Crippen LogP contribution in [0, 0.1) is 5.92 Å². The molecular weight excluding hydrogens is 190 g/mol. The molecule has 0 amide bonds. The molecule has 0 unspecified atom stereocenters. The number of rotatable bonds is 6. The molecule has 0 aliphatic heterocycles. The van der Waals surface area contributed by atoms with Crippen molar-refractivity contribution in [2.24, 2.45) is 5.92 Å². The topological polar surface area (TPSA) is 38.3 Å². The maximum absolute atomic E-state index is 11.5. The number of carbonyl (C=O) groups is 1. The summed E-state index contributed by atoms with van der Waals surface area (Å²) in [6.07, 6.45) is 1.73. The van der Waals surface area contributed by atoms with Gasteiger partial charge in [0, 0.05) is 12.1 Å². The van der Waals surface area contributed by atoms with Gasteiger partial charge in [0.05, 0.1) is 5.92 Å². The van der Waals surface area contributed by atoms with E-state index in [4.69, 9.17) is 4.74 Å². The maximum Gasteiger partial charge on any atom is 0.308 e. The molecule has 0 heterocycles. The van der Waals surface area contributed by atoms with Crippen LogP contribution in [0.3, 0.4) is 0 Å². The highest BCUT2D eigenvalue weighted by molar-refractivity contribution is 5.72. The predicted octanol–water partition coefficient (Wildman–Crippen LogP) is 2.35. The molecule has 0 fully saturated rings. The van der Waals surface area contributed by atoms with Crippen LogP contribution in [0.2, 0.25) is 0 Å². The summed E-state index contributed by atoms with van der Waals surface area (Å²) in [6, 6.07) is 0. The van der Waals surface area contributed by atoms with Gasteiger partial charge in [-0.2, -0.15) is 0 Å². The molecule has 0 radical (unpaired) electrons. The first-order valence-electron chi connectivity index (χ1n) is 5.82. The summed E-state index contributed by atoms with van der Waals surface area (Å²) in [4.78, 5) is 11.5. The van der Waals surface area contributed by atoms with Gasteiger partial charge in [-0.3, -0.25) is 4.79 Å². The van der Waals surface area contributed by atoms with Crippen LogP contribution in [-0.4, -0.2) is 24.7 Å². The standard InChI is InChI=1S/C12H25NO2/c1-6-10(7-2)11(14)15-9-8-13-12(3,4)5/h10,13H,6-9H2,1-5H3. The number of ether oxygens (including phenoxy) is 1. The fourth-order valence-corrected chi connectivity index (χ4v) is 1.32. The Balaban J connectivity index is 3.63. The molecule has 0 saturated carbocycles. The normalized spacial score (nSPS) is 11.9. The van der Waals surface area contributed by atoms with Crippen LogP contribution in [0.5, 0.6) is 0 Å². The lowest BCUT2D eigenvalue weighted by Crippen LogP contribution is -2.38. The monoisotopic (exact) mass is 215 g/mol. The van der Waals surface area contributed by atoms with Gasteiger partial charge in [0.25, 0.3) is 0 Å². The van der Waals surface area contributed by atoms with E-state index in [1.54, 1.807) is 0 Å². The highest BCUT2D eigenvalue weighted by Crippen LogP contribution is 2.09. The fourth-order valence-electron chi connectivity index (χ4n) is 1.32. The van der Waals surface area contributed by atoms with E-state index in [1.165, 1.54) is 0 Å². The minimum absolute atomic E-state index is 0.0595. The summed E-state index contributed by atoms with van der Waals surface area (Å²) in [5.74, 6) is 0.00958. The largest absolute Gasteiger partial charge is 0.464 e. The average Bonchev–Trinajstić information content (AvgIpc) is 2.13. The second-order valence-corrected chi connectivity index (χ2v) is 4.86. The van der Waals surface area contributed by atoms with E-state index in [1.807, 2.05) is 13.8 Å². The lowest BCUT2D eigenvalue weighted by atomic mass is 10.0. The van der Waals surface area contributed by atoms with Gasteiger partial charge in [0.15, 0.2) is 0 Å². The Bertz CT molecular complexity index is 181. The highest BCUT2D eigenvalue weighted by Gasteiger charge is 2.15. The third kappa shape index (κ3) is 7.37. The van der Waals surface area contributed by atoms with E-state index in [0.29, 0.717) is 6.61 Å². The first kappa shape index (κ1) is 14.4. The third-order valence-corrected chi connectivity index (χ3v) is 2.32. The average molecular weight is 215 g/mol. The predicted molar refractivity (Wildman–Crippen MR) is 62.8 cm³/mol. The Kier molecular flexibility index (Phi) is 6.57. The van der Waals surface area contributed by atoms with Crippen LogP contribution in [0.1, 0.15) is 47.5 Å². The molecule has 0 aliphatic rings. The molecule has 15 heavy (non-hydrogen) atoms. The number of carbonyl (C=O) groups excluding carboxylic acids is 1. The van der Waals surface area contributed by atoms with Gasteiger partial charge in [0.2, 0.25) is 0 Å². The number of hydrogen-bond acceptors (Lipinski definition) is 3. The zero-order valence-electron chi connectivity index (χ0n) is 10.7. The summed E-state index contributed by atoms with van der Waals surface area (Å²) in [5, 5.41) is 3.27. The van der Waals surface area contributed by atoms with Crippen molar-refractivity contribution >= 4 is 5.97 Å². The molecular formula is C12H25NO2. The van der Waals surface area contributed by atoms with Crippen molar-refractivity contribution in [3.63, 3.8) is 0 Å². The lowest BCUT2D eigenvalue weighted by molar-refractivity contribution is -0.148. The highest BCUT2D eigenvalue weighted by atomic mass is 16.5. The molecule has 1 N–H and O–H groups in total. The van der Waals surface area contributed by atoms with Crippen molar-refractivity contribution in [1.29, 1.82) is 0 Å². The van der Waals surface area contributed by atoms with Gasteiger partial charge in [-0.25, -0.2) is 0 Å². The lowest BCUT2D eigenvalue weighted by Gasteiger charge is -2.20. The van der Waals surface area contributed by atoms with Crippen molar-refractivity contribution in [2.75, 3.05) is 13.2 Å². The van der Waals surface area contributed by atoms with Gasteiger partial charge < -0.3 is 10.1 Å².